The van der Waals surface area contributed by atoms with Gasteiger partial charge in [-0.05, 0) is 24.3 Å². The molecule has 2 aromatic rings. The number of halogens is 1. The molecular weight excluding hydrogens is 249 g/mol. The van der Waals surface area contributed by atoms with Crippen molar-refractivity contribution in [1.82, 2.24) is 4.98 Å². The van der Waals surface area contributed by atoms with Crippen LogP contribution in [0.2, 0.25) is 0 Å². The molecule has 0 saturated heterocycles. The summed E-state index contributed by atoms with van der Waals surface area (Å²) < 4.78 is 18.2. The van der Waals surface area contributed by atoms with Crippen LogP contribution in [0.5, 0.6) is 5.75 Å². The molecule has 98 valence electrons. The molecule has 0 fully saturated rings. The molecule has 0 aliphatic rings. The molecule has 0 spiro atoms. The van der Waals surface area contributed by atoms with Crippen molar-refractivity contribution in [2.24, 2.45) is 0 Å². The highest BCUT2D eigenvalue weighted by molar-refractivity contribution is 6.03. The Labute approximate surface area is 109 Å². The molecule has 0 aliphatic heterocycles. The largest absolute Gasteiger partial charge is 0.494 e. The molecule has 0 unspecified atom stereocenters. The van der Waals surface area contributed by atoms with E-state index < -0.39 is 11.7 Å². The second-order valence-corrected chi connectivity index (χ2v) is 3.78. The fourth-order valence-electron chi connectivity index (χ4n) is 1.51. The van der Waals surface area contributed by atoms with Crippen molar-refractivity contribution in [3.05, 3.63) is 48.0 Å². The Morgan fingerprint density at radius 2 is 2.16 bits per heavy atom. The van der Waals surface area contributed by atoms with Crippen LogP contribution >= 0.6 is 0 Å². The van der Waals surface area contributed by atoms with Crippen molar-refractivity contribution in [2.75, 3.05) is 18.2 Å². The molecule has 1 heterocycles. The summed E-state index contributed by atoms with van der Waals surface area (Å²) in [7, 11) is 1.37. The third-order valence-electron chi connectivity index (χ3n) is 2.43. The summed E-state index contributed by atoms with van der Waals surface area (Å²) in [5.41, 5.74) is 6.46. The van der Waals surface area contributed by atoms with E-state index in [-0.39, 0.29) is 11.4 Å². The number of anilines is 2. The summed E-state index contributed by atoms with van der Waals surface area (Å²) in [4.78, 5) is 15.7. The second-order valence-electron chi connectivity index (χ2n) is 3.78. The summed E-state index contributed by atoms with van der Waals surface area (Å²) in [5, 5.41) is 2.53. The molecular formula is C13H12FN3O2. The lowest BCUT2D eigenvalue weighted by Gasteiger charge is -2.07. The van der Waals surface area contributed by atoms with Gasteiger partial charge in [-0.1, -0.05) is 0 Å². The van der Waals surface area contributed by atoms with Crippen molar-refractivity contribution >= 4 is 17.3 Å². The normalized spacial score (nSPS) is 10.0. The van der Waals surface area contributed by atoms with Gasteiger partial charge in [0.25, 0.3) is 5.91 Å². The van der Waals surface area contributed by atoms with Crippen LogP contribution in [0.1, 0.15) is 10.5 Å². The molecule has 0 radical (unpaired) electrons. The molecule has 1 amide bonds. The summed E-state index contributed by atoms with van der Waals surface area (Å²) >= 11 is 0. The molecule has 0 atom stereocenters. The van der Waals surface area contributed by atoms with Crippen LogP contribution in [0.25, 0.3) is 0 Å². The van der Waals surface area contributed by atoms with E-state index in [1.807, 2.05) is 0 Å². The summed E-state index contributed by atoms with van der Waals surface area (Å²) in [6, 6.07) is 7.14. The van der Waals surface area contributed by atoms with Crippen LogP contribution in [0.3, 0.4) is 0 Å². The molecule has 1 aromatic carbocycles. The predicted octanol–water partition coefficient (Wildman–Crippen LogP) is 2.06. The maximum absolute atomic E-state index is 13.5. The molecule has 2 rings (SSSR count). The fraction of sp³-hybridized carbons (Fsp3) is 0.0769. The average Bonchev–Trinajstić information content (AvgIpc) is 2.39. The van der Waals surface area contributed by atoms with E-state index >= 15 is 0 Å². The van der Waals surface area contributed by atoms with Crippen molar-refractivity contribution < 1.29 is 13.9 Å². The Morgan fingerprint density at radius 1 is 1.37 bits per heavy atom. The standard InChI is InChI=1S/C13H12FN3O2/c1-19-12-3-2-9(7-10(12)14)17-13(18)11-6-8(15)4-5-16-11/h2-7H,1H3,(H2,15,16)(H,17,18). The maximum Gasteiger partial charge on any atom is 0.274 e. The van der Waals surface area contributed by atoms with Gasteiger partial charge in [-0.25, -0.2) is 4.39 Å². The third-order valence-corrected chi connectivity index (χ3v) is 2.43. The van der Waals surface area contributed by atoms with Gasteiger partial charge >= 0.3 is 0 Å². The minimum atomic E-state index is -0.555. The van der Waals surface area contributed by atoms with Gasteiger partial charge in [0, 0.05) is 23.6 Å². The first-order valence-corrected chi connectivity index (χ1v) is 5.46. The Morgan fingerprint density at radius 3 is 2.79 bits per heavy atom. The number of methoxy groups -OCH3 is 1. The van der Waals surface area contributed by atoms with Gasteiger partial charge in [-0.15, -0.1) is 0 Å². The number of nitrogens with zero attached hydrogens (tertiary/aromatic N) is 1. The molecule has 5 nitrogen and oxygen atoms in total. The second kappa shape index (κ2) is 5.34. The number of aromatic nitrogens is 1. The summed E-state index contributed by atoms with van der Waals surface area (Å²) in [6.07, 6.45) is 1.43. The van der Waals surface area contributed by atoms with Crippen LogP contribution in [0.4, 0.5) is 15.8 Å². The molecule has 0 saturated carbocycles. The number of benzene rings is 1. The number of rotatable bonds is 3. The first-order valence-electron chi connectivity index (χ1n) is 5.46. The number of nitrogens with one attached hydrogen (secondary N) is 1. The lowest BCUT2D eigenvalue weighted by Crippen LogP contribution is -2.14. The predicted molar refractivity (Wildman–Crippen MR) is 69.6 cm³/mol. The van der Waals surface area contributed by atoms with E-state index in [1.54, 1.807) is 6.07 Å². The zero-order valence-electron chi connectivity index (χ0n) is 10.2. The zero-order chi connectivity index (χ0) is 13.8. The van der Waals surface area contributed by atoms with Crippen molar-refractivity contribution in [2.45, 2.75) is 0 Å². The molecule has 3 N–H and O–H groups in total. The van der Waals surface area contributed by atoms with Crippen LogP contribution in [-0.4, -0.2) is 18.0 Å². The number of ether oxygens (including phenoxy) is 1. The molecule has 1 aromatic heterocycles. The Bertz CT molecular complexity index is 617. The van der Waals surface area contributed by atoms with E-state index in [2.05, 4.69) is 10.3 Å². The topological polar surface area (TPSA) is 77.2 Å². The number of pyridine rings is 1. The fourth-order valence-corrected chi connectivity index (χ4v) is 1.51. The van der Waals surface area contributed by atoms with Crippen molar-refractivity contribution in [3.8, 4) is 5.75 Å². The quantitative estimate of drug-likeness (QED) is 0.886. The number of nitrogens with two attached hydrogens (primary N) is 1. The first-order chi connectivity index (χ1) is 9.10. The summed E-state index contributed by atoms with van der Waals surface area (Å²) in [5.74, 6) is -0.905. The number of hydrogen-bond donors (Lipinski definition) is 2. The van der Waals surface area contributed by atoms with E-state index in [0.717, 1.165) is 0 Å². The van der Waals surface area contributed by atoms with Crippen molar-refractivity contribution in [1.29, 1.82) is 0 Å². The molecule has 19 heavy (non-hydrogen) atoms. The van der Waals surface area contributed by atoms with Crippen LogP contribution in [0.15, 0.2) is 36.5 Å². The number of hydrogen-bond acceptors (Lipinski definition) is 4. The monoisotopic (exact) mass is 261 g/mol. The number of carbonyl (C=O) groups excluding carboxylic acids is 1. The van der Waals surface area contributed by atoms with Gasteiger partial charge < -0.3 is 15.8 Å². The number of amides is 1. The lowest BCUT2D eigenvalue weighted by molar-refractivity contribution is 0.102. The van der Waals surface area contributed by atoms with Gasteiger partial charge in [0.15, 0.2) is 11.6 Å². The smallest absolute Gasteiger partial charge is 0.274 e. The molecule has 0 bridgehead atoms. The highest BCUT2D eigenvalue weighted by Crippen LogP contribution is 2.21. The first kappa shape index (κ1) is 12.8. The Balaban J connectivity index is 2.17. The summed E-state index contributed by atoms with van der Waals surface area (Å²) in [6.45, 7) is 0. The average molecular weight is 261 g/mol. The Hall–Kier alpha value is -2.63. The highest BCUT2D eigenvalue weighted by Gasteiger charge is 2.10. The van der Waals surface area contributed by atoms with E-state index in [9.17, 15) is 9.18 Å². The highest BCUT2D eigenvalue weighted by atomic mass is 19.1. The number of nitrogen functional groups attached to an aromatic ring is 1. The SMILES string of the molecule is COc1ccc(NC(=O)c2cc(N)ccn2)cc1F. The minimum Gasteiger partial charge on any atom is -0.494 e. The third kappa shape index (κ3) is 2.98. The minimum absolute atomic E-state index is 0.111. The van der Waals surface area contributed by atoms with Crippen LogP contribution in [0, 0.1) is 5.82 Å². The van der Waals surface area contributed by atoms with Crippen LogP contribution < -0.4 is 15.8 Å². The maximum atomic E-state index is 13.5. The lowest BCUT2D eigenvalue weighted by atomic mass is 10.2. The number of carbonyl (C=O) groups is 1. The van der Waals surface area contributed by atoms with E-state index in [1.165, 1.54) is 37.6 Å². The van der Waals surface area contributed by atoms with Gasteiger partial charge in [0.1, 0.15) is 5.69 Å². The van der Waals surface area contributed by atoms with E-state index in [0.29, 0.717) is 11.4 Å². The van der Waals surface area contributed by atoms with Gasteiger partial charge in [0.2, 0.25) is 0 Å². The van der Waals surface area contributed by atoms with Crippen molar-refractivity contribution in [3.63, 3.8) is 0 Å². The molecule has 6 heteroatoms. The van der Waals surface area contributed by atoms with Crippen LogP contribution in [-0.2, 0) is 0 Å². The van der Waals surface area contributed by atoms with E-state index in [4.69, 9.17) is 10.5 Å². The van der Waals surface area contributed by atoms with Gasteiger partial charge in [-0.3, -0.25) is 9.78 Å². The Kier molecular flexibility index (Phi) is 3.61. The zero-order valence-corrected chi connectivity index (χ0v) is 10.2. The van der Waals surface area contributed by atoms with Gasteiger partial charge in [-0.2, -0.15) is 0 Å². The molecule has 0 aliphatic carbocycles. The van der Waals surface area contributed by atoms with Gasteiger partial charge in [0.05, 0.1) is 7.11 Å².